The van der Waals surface area contributed by atoms with Crippen molar-refractivity contribution in [2.45, 2.75) is 152 Å². The van der Waals surface area contributed by atoms with Gasteiger partial charge < -0.3 is 94.6 Å². The summed E-state index contributed by atoms with van der Waals surface area (Å²) in [6.07, 6.45) is 1.70. The summed E-state index contributed by atoms with van der Waals surface area (Å²) in [6, 6.07) is 10.2. The van der Waals surface area contributed by atoms with Crippen molar-refractivity contribution in [1.82, 2.24) is 58.5 Å². The lowest BCUT2D eigenvalue weighted by molar-refractivity contribution is -0.153. The largest absolute Gasteiger partial charge is 0.470 e. The monoisotopic (exact) mass is 1590 g/mol. The van der Waals surface area contributed by atoms with Gasteiger partial charge >= 0.3 is 17.9 Å². The summed E-state index contributed by atoms with van der Waals surface area (Å²) in [5, 5.41) is 18.5. The van der Waals surface area contributed by atoms with Crippen LogP contribution in [0.3, 0.4) is 0 Å². The molecule has 0 saturated carbocycles. The smallest absolute Gasteiger partial charge is 0.311 e. The number of nitrogens with zero attached hydrogens (tertiary/aromatic N) is 8. The molecule has 31 nitrogen and oxygen atoms in total. The van der Waals surface area contributed by atoms with Crippen molar-refractivity contribution >= 4 is 117 Å². The Balaban J connectivity index is 0.000000257. The summed E-state index contributed by atoms with van der Waals surface area (Å²) in [5.74, 6) is -0.552. The number of carbonyl (C=O) groups is 8. The summed E-state index contributed by atoms with van der Waals surface area (Å²) < 4.78 is 57.4. The molecule has 2 aromatic carbocycles. The van der Waals surface area contributed by atoms with Gasteiger partial charge in [-0.1, -0.05) is 33.8 Å². The maximum atomic E-state index is 13.1. The number of nitrogens with one attached hydrogen (secondary N) is 8. The van der Waals surface area contributed by atoms with Gasteiger partial charge in [0.2, 0.25) is 11.6 Å². The number of morpholine rings is 2. The normalized spacial score (nSPS) is 15.5. The van der Waals surface area contributed by atoms with Crippen LogP contribution in [0.15, 0.2) is 36.4 Å². The van der Waals surface area contributed by atoms with E-state index in [4.69, 9.17) is 33.2 Å². The highest BCUT2D eigenvalue weighted by molar-refractivity contribution is 6.99. The maximum absolute atomic E-state index is 13.1. The number of aromatic amines is 2. The number of amides is 4. The molecule has 0 bridgehead atoms. The predicted molar refractivity (Wildman–Crippen MR) is 432 cm³/mol. The number of hydrogen-bond donors (Lipinski definition) is 8. The fourth-order valence-electron chi connectivity index (χ4n) is 12.9. The number of esters is 3. The number of Topliss-reactive ketones (excluding diaryl/α,β-unsaturated/α-hetero) is 1. The van der Waals surface area contributed by atoms with Gasteiger partial charge in [0, 0.05) is 135 Å². The minimum atomic E-state index is -0.668. The molecule has 112 heavy (non-hydrogen) atoms. The molecule has 0 radical (unpaired) electrons. The Hall–Kier alpha value is -9.48. The third kappa shape index (κ3) is 24.8. The lowest BCUT2D eigenvalue weighted by Crippen LogP contribution is -2.44. The number of ketones is 1. The molecule has 608 valence electrons. The minimum Gasteiger partial charge on any atom is -0.470 e. The van der Waals surface area contributed by atoms with Crippen molar-refractivity contribution in [2.75, 3.05) is 152 Å². The molecule has 10 rings (SSSR count). The molecule has 8 N–H and O–H groups in total. The molecular weight excluding hydrogens is 1480 g/mol. The van der Waals surface area contributed by atoms with Gasteiger partial charge in [-0.25, -0.2) is 0 Å². The van der Waals surface area contributed by atoms with Crippen molar-refractivity contribution in [2.24, 2.45) is 0 Å². The molecule has 0 aliphatic carbocycles. The second-order valence-electron chi connectivity index (χ2n) is 29.8. The zero-order chi connectivity index (χ0) is 80.8. The highest BCUT2D eigenvalue weighted by Crippen LogP contribution is 2.38. The molecule has 4 aliphatic rings. The van der Waals surface area contributed by atoms with E-state index < -0.39 is 30.1 Å². The van der Waals surface area contributed by atoms with Crippen LogP contribution in [-0.2, 0) is 54.1 Å². The Bertz CT molecular complexity index is 4050. The number of aryl methyl sites for hydroxylation is 2. The molecule has 33 heteroatoms. The van der Waals surface area contributed by atoms with Crippen LogP contribution < -0.4 is 55.9 Å². The number of likely N-dealkylation sites (N-methyl/N-ethyl adjacent to an activating group) is 2. The Morgan fingerprint density at radius 3 is 1.43 bits per heavy atom. The van der Waals surface area contributed by atoms with Crippen molar-refractivity contribution < 1.29 is 71.5 Å². The van der Waals surface area contributed by atoms with Crippen LogP contribution in [0, 0.1) is 27.7 Å². The van der Waals surface area contributed by atoms with E-state index in [0.29, 0.717) is 181 Å². The lowest BCUT2D eigenvalue weighted by Gasteiger charge is -2.27. The van der Waals surface area contributed by atoms with Crippen LogP contribution in [0.4, 0.5) is 23.0 Å². The van der Waals surface area contributed by atoms with E-state index in [1.807, 2.05) is 80.2 Å². The van der Waals surface area contributed by atoms with Gasteiger partial charge in [-0.2, -0.15) is 8.75 Å². The second-order valence-corrected chi connectivity index (χ2v) is 30.8. The molecule has 4 aliphatic heterocycles. The molecular formula is C79H110N16O15S2. The molecule has 2 saturated heterocycles. The van der Waals surface area contributed by atoms with Gasteiger partial charge in [0.25, 0.3) is 35.4 Å². The number of rotatable bonds is 37. The zero-order valence-electron chi connectivity index (χ0n) is 67.0. The summed E-state index contributed by atoms with van der Waals surface area (Å²) in [7, 11) is 0. The number of carbonyl (C=O) groups excluding carboxylic acids is 8. The first-order valence-corrected chi connectivity index (χ1v) is 39.9. The van der Waals surface area contributed by atoms with Gasteiger partial charge in [-0.3, -0.25) is 38.4 Å². The first-order valence-electron chi connectivity index (χ1n) is 38.4. The molecule has 8 heterocycles. The molecule has 0 spiro atoms. The summed E-state index contributed by atoms with van der Waals surface area (Å²) >= 11 is 2.11. The standard InChI is InChI=1S/C40H56N8O7S.C39H54N8O8S/c1-8-47(9-2)15-14-41-38(52)35-25(3)33(43-26(35)4)22-31-30-21-27(10-12-32(30)44-37(31)51)20-28(49)11-13-34(50)55-29(23-42-40(5,6)7)24-54-39-36(45-56-46-39)48-16-18-53-19-17-48;1-8-46(9-2)15-14-40-37(51)34-24(3)31(42-25(34)4)21-29-28-20-26(10-11-30(28)43-36(29)50)54-32(48)12-13-33(49)55-27(22-41-39(5,6)7)23-53-38-35(44-56-45-38)47-16-18-52-19-17-47/h10,12,21-22,29,42-43H,8-9,11,13-20,23-24H2,1-7H3,(H,41,52)(H,44,51);10-11,20-21,27,41-42H,8-9,12-19,22-23H2,1-7H3,(H,40,51)(H,43,50)/b31-22-;29-21-/t29-;27-/m00/s1. The fraction of sp³-hybridized carbons (Fsp3) is 0.544. The topological polar surface area (TPSA) is 369 Å². The van der Waals surface area contributed by atoms with Gasteiger partial charge in [0.15, 0.2) is 0 Å². The average molecular weight is 1590 g/mol. The Morgan fingerprint density at radius 1 is 0.571 bits per heavy atom. The Kier molecular flexibility index (Phi) is 31.5. The van der Waals surface area contributed by atoms with E-state index in [0.717, 1.165) is 68.3 Å². The van der Waals surface area contributed by atoms with Gasteiger partial charge in [0.05, 0.1) is 91.4 Å². The zero-order valence-corrected chi connectivity index (χ0v) is 68.6. The second kappa shape index (κ2) is 40.8. The summed E-state index contributed by atoms with van der Waals surface area (Å²) in [4.78, 5) is 120. The third-order valence-electron chi connectivity index (χ3n) is 19.2. The lowest BCUT2D eigenvalue weighted by atomic mass is 9.98. The number of aromatic nitrogens is 6. The summed E-state index contributed by atoms with van der Waals surface area (Å²) in [6.45, 7) is 39.8. The Labute approximate surface area is 663 Å². The van der Waals surface area contributed by atoms with E-state index in [2.05, 4.69) is 102 Å². The summed E-state index contributed by atoms with van der Waals surface area (Å²) in [5.41, 5.74) is 8.67. The predicted octanol–water partition coefficient (Wildman–Crippen LogP) is 8.10. The van der Waals surface area contributed by atoms with E-state index in [9.17, 15) is 38.4 Å². The van der Waals surface area contributed by atoms with Crippen molar-refractivity contribution in [3.8, 4) is 17.5 Å². The van der Waals surface area contributed by atoms with Gasteiger partial charge in [0.1, 0.15) is 37.0 Å². The minimum absolute atomic E-state index is 0.00599. The number of ether oxygens (including phenoxy) is 7. The molecule has 4 amide bonds. The highest BCUT2D eigenvalue weighted by Gasteiger charge is 2.32. The van der Waals surface area contributed by atoms with Crippen molar-refractivity contribution in [3.63, 3.8) is 0 Å². The first kappa shape index (κ1) is 86.5. The number of anilines is 4. The molecule has 2 atom stereocenters. The highest BCUT2D eigenvalue weighted by atomic mass is 32.1. The molecule has 2 fully saturated rings. The quantitative estimate of drug-likeness (QED) is 0.0104. The van der Waals surface area contributed by atoms with Crippen LogP contribution in [0.1, 0.15) is 166 Å². The van der Waals surface area contributed by atoms with Crippen LogP contribution in [0.2, 0.25) is 0 Å². The van der Waals surface area contributed by atoms with Crippen molar-refractivity contribution in [3.05, 3.63) is 98.1 Å². The molecule has 6 aromatic rings. The van der Waals surface area contributed by atoms with Crippen LogP contribution in [-0.4, -0.2) is 239 Å². The third-order valence-corrected chi connectivity index (χ3v) is 20.3. The van der Waals surface area contributed by atoms with Gasteiger partial charge in [-0.05, 0) is 155 Å². The van der Waals surface area contributed by atoms with Crippen molar-refractivity contribution in [1.29, 1.82) is 0 Å². The Morgan fingerprint density at radius 2 is 0.991 bits per heavy atom. The van der Waals surface area contributed by atoms with E-state index >= 15 is 0 Å². The average Bonchev–Trinajstić information content (AvgIpc) is 1.64. The maximum Gasteiger partial charge on any atom is 0.311 e. The molecule has 0 unspecified atom stereocenters. The number of benzene rings is 2. The number of fused-ring (bicyclic) bond motifs is 2. The van der Waals surface area contributed by atoms with Gasteiger partial charge in [-0.15, -0.1) is 8.75 Å². The van der Waals surface area contributed by atoms with E-state index in [1.165, 1.54) is 0 Å². The van der Waals surface area contributed by atoms with E-state index in [-0.39, 0.29) is 91.6 Å². The van der Waals surface area contributed by atoms with Crippen LogP contribution in [0.25, 0.3) is 23.3 Å². The van der Waals surface area contributed by atoms with Crippen LogP contribution >= 0.6 is 23.5 Å². The number of hydrogen-bond acceptors (Lipinski definition) is 27. The number of H-pyrrole nitrogens is 2. The SMILES string of the molecule is CCN(CC)CCNC(=O)c1c(C)[nH]c(/C=C2\C(=O)Nc3ccc(CC(=O)CCC(=O)O[C@@H](CNC(C)(C)C)COc4nsnc4N4CCOCC4)cc32)c1C.CCN(CC)CCNC(=O)c1c(C)[nH]c(/C=C2\C(=O)Nc3ccc(OC(=O)CCC(=O)O[C@@H](CNC(C)(C)C)COc4nsnc4N4CCOCC4)cc32)c1C. The first-order chi connectivity index (χ1) is 53.5. The van der Waals surface area contributed by atoms with Crippen LogP contribution in [0.5, 0.6) is 17.5 Å². The molecule has 4 aromatic heterocycles. The van der Waals surface area contributed by atoms with E-state index in [1.54, 1.807) is 42.5 Å². The fourth-order valence-corrected chi connectivity index (χ4v) is 14.0.